The van der Waals surface area contributed by atoms with E-state index in [0.717, 1.165) is 53.1 Å². The van der Waals surface area contributed by atoms with Crippen molar-refractivity contribution >= 4 is 34.6 Å². The van der Waals surface area contributed by atoms with Crippen molar-refractivity contribution in [3.05, 3.63) is 88.9 Å². The van der Waals surface area contributed by atoms with Gasteiger partial charge in [0.2, 0.25) is 0 Å². The van der Waals surface area contributed by atoms with Crippen molar-refractivity contribution in [2.45, 2.75) is 32.7 Å². The van der Waals surface area contributed by atoms with Gasteiger partial charge in [-0.25, -0.2) is 0 Å². The van der Waals surface area contributed by atoms with E-state index in [-0.39, 0.29) is 5.91 Å². The lowest BCUT2D eigenvalue weighted by molar-refractivity contribution is 0.0920. The summed E-state index contributed by atoms with van der Waals surface area (Å²) in [6.07, 6.45) is 2.48. The first-order valence-electron chi connectivity index (χ1n) is 10.2. The number of anilines is 1. The van der Waals surface area contributed by atoms with Crippen molar-refractivity contribution in [3.63, 3.8) is 0 Å². The summed E-state index contributed by atoms with van der Waals surface area (Å²) in [4.78, 5) is 12.7. The number of carbonyl (C=O) groups is 1. The normalized spacial score (nSPS) is 14.0. The predicted octanol–water partition coefficient (Wildman–Crippen LogP) is 4.55. The molecule has 1 aliphatic rings. The quantitative estimate of drug-likeness (QED) is 0.407. The molecule has 0 bridgehead atoms. The van der Waals surface area contributed by atoms with Crippen molar-refractivity contribution in [1.82, 2.24) is 10.7 Å². The molecule has 1 amide bonds. The number of rotatable bonds is 5. The van der Waals surface area contributed by atoms with Crippen LogP contribution in [0.15, 0.2) is 70.2 Å². The fraction of sp³-hybridized carbons (Fsp3) is 0.208. The van der Waals surface area contributed by atoms with Gasteiger partial charge in [0.1, 0.15) is 5.76 Å². The number of furan rings is 1. The number of carbonyl (C=O) groups excluding carboxylic acids is 1. The van der Waals surface area contributed by atoms with E-state index in [9.17, 15) is 4.79 Å². The van der Waals surface area contributed by atoms with Gasteiger partial charge in [0, 0.05) is 29.8 Å². The third kappa shape index (κ3) is 5.00. The minimum absolute atomic E-state index is 0.218. The van der Waals surface area contributed by atoms with E-state index in [0.29, 0.717) is 17.4 Å². The summed E-state index contributed by atoms with van der Waals surface area (Å²) in [5, 5.41) is 11.0. The van der Waals surface area contributed by atoms with E-state index in [1.165, 1.54) is 0 Å². The molecule has 6 nitrogen and oxygen atoms in total. The molecule has 0 radical (unpaired) electrons. The average molecular weight is 433 g/mol. The molecule has 158 valence electrons. The highest BCUT2D eigenvalue weighted by atomic mass is 32.1. The lowest BCUT2D eigenvalue weighted by Gasteiger charge is -2.14. The van der Waals surface area contributed by atoms with Gasteiger partial charge in [-0.2, -0.15) is 5.10 Å². The second-order valence-electron chi connectivity index (χ2n) is 7.37. The molecule has 0 atom stereocenters. The van der Waals surface area contributed by atoms with Crippen LogP contribution in [0.4, 0.5) is 5.69 Å². The molecule has 1 aliphatic carbocycles. The number of amides is 1. The van der Waals surface area contributed by atoms with E-state index in [1.807, 2.05) is 67.6 Å². The predicted molar refractivity (Wildman–Crippen MR) is 126 cm³/mol. The van der Waals surface area contributed by atoms with Crippen molar-refractivity contribution in [3.8, 4) is 0 Å². The average Bonchev–Trinajstić information content (AvgIpc) is 3.14. The van der Waals surface area contributed by atoms with Crippen LogP contribution >= 0.6 is 12.2 Å². The van der Waals surface area contributed by atoms with Crippen LogP contribution in [0.2, 0.25) is 0 Å². The number of fused-ring (bicyclic) bond motifs is 1. The Balaban J connectivity index is 1.46. The number of nitrogens with zero attached hydrogens (tertiary/aromatic N) is 1. The summed E-state index contributed by atoms with van der Waals surface area (Å²) in [5.41, 5.74) is 7.41. The van der Waals surface area contributed by atoms with E-state index >= 15 is 0 Å². The number of hydrazone groups is 1. The summed E-state index contributed by atoms with van der Waals surface area (Å²) in [5.74, 6) is 0.931. The van der Waals surface area contributed by atoms with Gasteiger partial charge in [-0.1, -0.05) is 48.5 Å². The molecule has 3 N–H and O–H groups in total. The molecule has 0 saturated heterocycles. The zero-order chi connectivity index (χ0) is 21.6. The fourth-order valence-corrected chi connectivity index (χ4v) is 3.82. The summed E-state index contributed by atoms with van der Waals surface area (Å²) in [7, 11) is 0. The number of hydrogen-bond donors (Lipinski definition) is 3. The fourth-order valence-electron chi connectivity index (χ4n) is 3.65. The molecule has 7 heteroatoms. The van der Waals surface area contributed by atoms with Crippen LogP contribution in [0.1, 0.15) is 45.8 Å². The highest BCUT2D eigenvalue weighted by Crippen LogP contribution is 2.29. The Morgan fingerprint density at radius 2 is 1.77 bits per heavy atom. The Kier molecular flexibility index (Phi) is 6.43. The molecule has 1 heterocycles. The Morgan fingerprint density at radius 3 is 2.52 bits per heavy atom. The van der Waals surface area contributed by atoms with E-state index < -0.39 is 0 Å². The smallest absolute Gasteiger partial charge is 0.287 e. The second kappa shape index (κ2) is 9.57. The molecular weight excluding hydrogens is 408 g/mol. The number of para-hydroxylation sites is 1. The van der Waals surface area contributed by atoms with E-state index in [2.05, 4.69) is 21.2 Å². The number of benzene rings is 2. The van der Waals surface area contributed by atoms with Crippen LogP contribution in [-0.4, -0.2) is 16.7 Å². The van der Waals surface area contributed by atoms with Crippen molar-refractivity contribution in [2.24, 2.45) is 5.10 Å². The van der Waals surface area contributed by atoms with E-state index in [1.54, 1.807) is 0 Å². The van der Waals surface area contributed by atoms with Crippen molar-refractivity contribution < 1.29 is 9.21 Å². The first-order chi connectivity index (χ1) is 15.1. The Bertz CT molecular complexity index is 1110. The molecule has 0 spiro atoms. The van der Waals surface area contributed by atoms with Crippen LogP contribution in [0.3, 0.4) is 0 Å². The van der Waals surface area contributed by atoms with Crippen LogP contribution < -0.4 is 16.1 Å². The highest BCUT2D eigenvalue weighted by molar-refractivity contribution is 7.80. The summed E-state index contributed by atoms with van der Waals surface area (Å²) in [6, 6.07) is 19.5. The standard InChI is InChI=1S/C24H24N4O2S/c1-16-21-19(27-28-24(31)26-18-11-6-3-7-12-18)13-8-14-20(21)30-22(16)23(29)25-15-17-9-4-2-5-10-17/h2-7,9-12H,8,13-15H2,1H3,(H,25,29)(H2,26,28,31)/b27-19+. The van der Waals surface area contributed by atoms with Gasteiger partial charge in [0.25, 0.3) is 5.91 Å². The van der Waals surface area contributed by atoms with Crippen LogP contribution in [-0.2, 0) is 13.0 Å². The minimum Gasteiger partial charge on any atom is -0.455 e. The zero-order valence-electron chi connectivity index (χ0n) is 17.3. The largest absolute Gasteiger partial charge is 0.455 e. The second-order valence-corrected chi connectivity index (χ2v) is 7.77. The maximum atomic E-state index is 12.7. The van der Waals surface area contributed by atoms with Crippen molar-refractivity contribution in [2.75, 3.05) is 5.32 Å². The molecule has 0 fully saturated rings. The van der Waals surface area contributed by atoms with Crippen LogP contribution in [0, 0.1) is 6.92 Å². The van der Waals surface area contributed by atoms with Gasteiger partial charge < -0.3 is 15.1 Å². The third-order valence-electron chi connectivity index (χ3n) is 5.15. The van der Waals surface area contributed by atoms with Crippen molar-refractivity contribution in [1.29, 1.82) is 0 Å². The SMILES string of the molecule is Cc1c(C(=O)NCc2ccccc2)oc2c1/C(=N/NC(=S)Nc1ccccc1)CCC2. The molecule has 2 aromatic carbocycles. The summed E-state index contributed by atoms with van der Waals surface area (Å²) >= 11 is 5.35. The molecule has 4 rings (SSSR count). The van der Waals surface area contributed by atoms with Gasteiger partial charge in [-0.3, -0.25) is 10.2 Å². The van der Waals surface area contributed by atoms with Gasteiger partial charge >= 0.3 is 0 Å². The molecule has 0 saturated carbocycles. The summed E-state index contributed by atoms with van der Waals surface area (Å²) < 4.78 is 5.95. The maximum Gasteiger partial charge on any atom is 0.287 e. The number of nitrogens with one attached hydrogen (secondary N) is 3. The maximum absolute atomic E-state index is 12.7. The van der Waals surface area contributed by atoms with E-state index in [4.69, 9.17) is 16.6 Å². The number of thiocarbonyl (C=S) groups is 1. The number of aryl methyl sites for hydroxylation is 1. The van der Waals surface area contributed by atoms with Crippen LogP contribution in [0.5, 0.6) is 0 Å². The number of hydrogen-bond acceptors (Lipinski definition) is 4. The molecule has 1 aromatic heterocycles. The van der Waals surface area contributed by atoms with Gasteiger partial charge in [0.05, 0.1) is 5.71 Å². The van der Waals surface area contributed by atoms with Gasteiger partial charge in [0.15, 0.2) is 10.9 Å². The van der Waals surface area contributed by atoms with Gasteiger partial charge in [-0.15, -0.1) is 0 Å². The van der Waals surface area contributed by atoms with Gasteiger partial charge in [-0.05, 0) is 49.7 Å². The molecule has 3 aromatic rings. The molecule has 31 heavy (non-hydrogen) atoms. The lowest BCUT2D eigenvalue weighted by Crippen LogP contribution is -2.26. The Morgan fingerprint density at radius 1 is 1.06 bits per heavy atom. The zero-order valence-corrected chi connectivity index (χ0v) is 18.1. The molecule has 0 unspecified atom stereocenters. The lowest BCUT2D eigenvalue weighted by atomic mass is 9.93. The molecular formula is C24H24N4O2S. The third-order valence-corrected chi connectivity index (χ3v) is 5.35. The van der Waals surface area contributed by atoms with Crippen LogP contribution in [0.25, 0.3) is 0 Å². The first kappa shape index (κ1) is 20.8. The minimum atomic E-state index is -0.218. The Labute approximate surface area is 186 Å². The topological polar surface area (TPSA) is 78.7 Å². The highest BCUT2D eigenvalue weighted by Gasteiger charge is 2.27. The Hall–Kier alpha value is -3.45. The summed E-state index contributed by atoms with van der Waals surface area (Å²) in [6.45, 7) is 2.35. The first-order valence-corrected chi connectivity index (χ1v) is 10.7. The molecule has 0 aliphatic heterocycles. The monoisotopic (exact) mass is 432 g/mol.